The molecule has 1 saturated heterocycles. The molecule has 2 N–H and O–H groups in total. The van der Waals surface area contributed by atoms with E-state index in [9.17, 15) is 0 Å². The van der Waals surface area contributed by atoms with Crippen LogP contribution in [0.2, 0.25) is 5.02 Å². The largest absolute Gasteiger partial charge is 0.495 e. The number of likely N-dealkylation sites (tertiary alicyclic amines) is 1. The summed E-state index contributed by atoms with van der Waals surface area (Å²) in [6.45, 7) is 4.51. The highest BCUT2D eigenvalue weighted by Gasteiger charge is 2.08. The predicted octanol–water partition coefficient (Wildman–Crippen LogP) is 3.90. The number of benzene rings is 1. The lowest BCUT2D eigenvalue weighted by molar-refractivity contribution is 0.282. The van der Waals surface area contributed by atoms with Gasteiger partial charge in [0.25, 0.3) is 0 Å². The Morgan fingerprint density at radius 3 is 2.65 bits per heavy atom. The summed E-state index contributed by atoms with van der Waals surface area (Å²) < 4.78 is 5.14. The second-order valence-corrected chi connectivity index (χ2v) is 6.66. The van der Waals surface area contributed by atoms with E-state index >= 15 is 0 Å². The Morgan fingerprint density at radius 2 is 2.00 bits per heavy atom. The van der Waals surface area contributed by atoms with Crippen molar-refractivity contribution in [2.24, 2.45) is 0 Å². The summed E-state index contributed by atoms with van der Waals surface area (Å²) in [7, 11) is 1.60. The molecule has 0 amide bonds. The number of ether oxygens (including phenoxy) is 1. The molecule has 1 aromatic carbocycles. The molecule has 1 heterocycles. The molecular formula is C17H26ClN3OS. The normalized spacial score (nSPS) is 15.7. The molecule has 6 heteroatoms. The van der Waals surface area contributed by atoms with Crippen molar-refractivity contribution in [1.82, 2.24) is 10.2 Å². The second-order valence-electron chi connectivity index (χ2n) is 5.84. The minimum Gasteiger partial charge on any atom is -0.495 e. The summed E-state index contributed by atoms with van der Waals surface area (Å²) in [4.78, 5) is 2.56. The molecule has 1 aliphatic rings. The van der Waals surface area contributed by atoms with Crippen LogP contribution in [0.5, 0.6) is 5.75 Å². The third kappa shape index (κ3) is 6.53. The van der Waals surface area contributed by atoms with E-state index in [1.165, 1.54) is 38.8 Å². The first-order valence-electron chi connectivity index (χ1n) is 8.30. The lowest BCUT2D eigenvalue weighted by Gasteiger charge is -2.20. The number of hydrogen-bond acceptors (Lipinski definition) is 3. The van der Waals surface area contributed by atoms with Crippen molar-refractivity contribution in [2.45, 2.75) is 32.1 Å². The summed E-state index contributed by atoms with van der Waals surface area (Å²) in [5.74, 6) is 0.661. The zero-order valence-corrected chi connectivity index (χ0v) is 15.3. The maximum atomic E-state index is 6.10. The van der Waals surface area contributed by atoms with Gasteiger partial charge in [-0.05, 0) is 69.3 Å². The maximum absolute atomic E-state index is 6.10. The van der Waals surface area contributed by atoms with E-state index in [-0.39, 0.29) is 0 Å². The molecule has 0 unspecified atom stereocenters. The molecule has 1 aromatic rings. The standard InChI is InChI=1S/C17H26ClN3OS/c1-22-16-8-7-14(13-15(16)18)20-17(23)19-9-6-12-21-10-4-2-3-5-11-21/h7-8,13H,2-6,9-12H2,1H3,(H2,19,20,23). The quantitative estimate of drug-likeness (QED) is 0.598. The Balaban J connectivity index is 1.65. The Labute approximate surface area is 149 Å². The number of hydrogen-bond donors (Lipinski definition) is 2. The number of nitrogens with zero attached hydrogens (tertiary/aromatic N) is 1. The fourth-order valence-electron chi connectivity index (χ4n) is 2.78. The van der Waals surface area contributed by atoms with Gasteiger partial charge < -0.3 is 20.3 Å². The van der Waals surface area contributed by atoms with Gasteiger partial charge >= 0.3 is 0 Å². The number of thiocarbonyl (C=S) groups is 1. The lowest BCUT2D eigenvalue weighted by Crippen LogP contribution is -2.32. The number of anilines is 1. The molecule has 128 valence electrons. The molecule has 23 heavy (non-hydrogen) atoms. The van der Waals surface area contributed by atoms with Crippen molar-refractivity contribution in [2.75, 3.05) is 38.6 Å². The Hall–Kier alpha value is -1.04. The molecule has 0 aromatic heterocycles. The van der Waals surface area contributed by atoms with E-state index in [4.69, 9.17) is 28.6 Å². The summed E-state index contributed by atoms with van der Waals surface area (Å²) >= 11 is 11.4. The van der Waals surface area contributed by atoms with Crippen LogP contribution >= 0.6 is 23.8 Å². The first-order chi connectivity index (χ1) is 11.2. The van der Waals surface area contributed by atoms with Gasteiger partial charge in [0.2, 0.25) is 0 Å². The molecular weight excluding hydrogens is 330 g/mol. The molecule has 0 aliphatic carbocycles. The highest BCUT2D eigenvalue weighted by atomic mass is 35.5. The van der Waals surface area contributed by atoms with Crippen molar-refractivity contribution in [3.05, 3.63) is 23.2 Å². The summed E-state index contributed by atoms with van der Waals surface area (Å²) in [6.07, 6.45) is 6.54. The van der Waals surface area contributed by atoms with Gasteiger partial charge in [0.05, 0.1) is 12.1 Å². The van der Waals surface area contributed by atoms with Crippen molar-refractivity contribution >= 4 is 34.6 Å². The molecule has 0 spiro atoms. The second kappa shape index (κ2) is 9.96. The van der Waals surface area contributed by atoms with E-state index < -0.39 is 0 Å². The lowest BCUT2D eigenvalue weighted by atomic mass is 10.2. The fourth-order valence-corrected chi connectivity index (χ4v) is 3.26. The van der Waals surface area contributed by atoms with Crippen LogP contribution in [-0.4, -0.2) is 43.3 Å². The topological polar surface area (TPSA) is 36.5 Å². The Kier molecular flexibility index (Phi) is 7.92. The van der Waals surface area contributed by atoms with Crippen LogP contribution in [0.1, 0.15) is 32.1 Å². The van der Waals surface area contributed by atoms with Gasteiger partial charge in [-0.1, -0.05) is 24.4 Å². The van der Waals surface area contributed by atoms with Gasteiger partial charge in [0.1, 0.15) is 5.75 Å². The Morgan fingerprint density at radius 1 is 1.26 bits per heavy atom. The maximum Gasteiger partial charge on any atom is 0.170 e. The molecule has 0 radical (unpaired) electrons. The van der Waals surface area contributed by atoms with Crippen molar-refractivity contribution < 1.29 is 4.74 Å². The van der Waals surface area contributed by atoms with Crippen LogP contribution in [0, 0.1) is 0 Å². The minimum absolute atomic E-state index is 0.571. The van der Waals surface area contributed by atoms with Gasteiger partial charge in [0, 0.05) is 12.2 Å². The Bertz CT molecular complexity index is 505. The SMILES string of the molecule is COc1ccc(NC(=S)NCCCN2CCCCCC2)cc1Cl. The first-order valence-corrected chi connectivity index (χ1v) is 9.08. The third-order valence-corrected chi connectivity index (χ3v) is 4.59. The highest BCUT2D eigenvalue weighted by Crippen LogP contribution is 2.27. The van der Waals surface area contributed by atoms with Crippen LogP contribution in [0.25, 0.3) is 0 Å². The van der Waals surface area contributed by atoms with Crippen LogP contribution < -0.4 is 15.4 Å². The van der Waals surface area contributed by atoms with Gasteiger partial charge in [-0.15, -0.1) is 0 Å². The summed E-state index contributed by atoms with van der Waals surface area (Å²) in [6, 6.07) is 5.54. The average Bonchev–Trinajstić information content (AvgIpc) is 2.80. The van der Waals surface area contributed by atoms with Crippen LogP contribution in [0.4, 0.5) is 5.69 Å². The van der Waals surface area contributed by atoms with Gasteiger partial charge in [-0.2, -0.15) is 0 Å². The monoisotopic (exact) mass is 355 g/mol. The van der Waals surface area contributed by atoms with Crippen LogP contribution in [0.3, 0.4) is 0 Å². The van der Waals surface area contributed by atoms with E-state index in [1.54, 1.807) is 7.11 Å². The summed E-state index contributed by atoms with van der Waals surface area (Å²) in [5.41, 5.74) is 0.862. The third-order valence-electron chi connectivity index (χ3n) is 4.05. The van der Waals surface area contributed by atoms with Gasteiger partial charge in [-0.25, -0.2) is 0 Å². The van der Waals surface area contributed by atoms with Crippen LogP contribution in [-0.2, 0) is 0 Å². The number of halogens is 1. The zero-order chi connectivity index (χ0) is 16.5. The van der Waals surface area contributed by atoms with E-state index in [0.29, 0.717) is 15.9 Å². The van der Waals surface area contributed by atoms with Gasteiger partial charge in [0.15, 0.2) is 5.11 Å². The minimum atomic E-state index is 0.571. The van der Waals surface area contributed by atoms with E-state index in [2.05, 4.69) is 15.5 Å². The zero-order valence-electron chi connectivity index (χ0n) is 13.7. The molecule has 0 bridgehead atoms. The van der Waals surface area contributed by atoms with Crippen molar-refractivity contribution in [1.29, 1.82) is 0 Å². The molecule has 4 nitrogen and oxygen atoms in total. The fraction of sp³-hybridized carbons (Fsp3) is 0.588. The molecule has 2 rings (SSSR count). The van der Waals surface area contributed by atoms with Crippen molar-refractivity contribution in [3.8, 4) is 5.75 Å². The molecule has 1 fully saturated rings. The smallest absolute Gasteiger partial charge is 0.170 e. The first kappa shape index (κ1) is 18.3. The van der Waals surface area contributed by atoms with Gasteiger partial charge in [-0.3, -0.25) is 0 Å². The highest BCUT2D eigenvalue weighted by molar-refractivity contribution is 7.80. The van der Waals surface area contributed by atoms with Crippen molar-refractivity contribution in [3.63, 3.8) is 0 Å². The average molecular weight is 356 g/mol. The number of methoxy groups -OCH3 is 1. The molecule has 1 aliphatic heterocycles. The van der Waals surface area contributed by atoms with Crippen LogP contribution in [0.15, 0.2) is 18.2 Å². The van der Waals surface area contributed by atoms with E-state index in [0.717, 1.165) is 25.2 Å². The predicted molar refractivity (Wildman–Crippen MR) is 102 cm³/mol. The summed E-state index contributed by atoms with van der Waals surface area (Å²) in [5, 5.41) is 7.60. The molecule has 0 atom stereocenters. The number of nitrogens with one attached hydrogen (secondary N) is 2. The van der Waals surface area contributed by atoms with E-state index in [1.807, 2.05) is 18.2 Å². The number of rotatable bonds is 6. The molecule has 0 saturated carbocycles.